The molecule has 3 aliphatic rings. The predicted octanol–water partition coefficient (Wildman–Crippen LogP) is 2.25. The number of hydrogen-bond acceptors (Lipinski definition) is 3. The average Bonchev–Trinajstić information content (AvgIpc) is 2.79. The van der Waals surface area contributed by atoms with E-state index in [2.05, 4.69) is 13.0 Å². The molecule has 1 saturated heterocycles. The van der Waals surface area contributed by atoms with Crippen LogP contribution in [0.1, 0.15) is 39.0 Å². The highest BCUT2D eigenvalue weighted by Crippen LogP contribution is 2.57. The summed E-state index contributed by atoms with van der Waals surface area (Å²) in [6.45, 7) is 3.73. The summed E-state index contributed by atoms with van der Waals surface area (Å²) in [5, 5.41) is 10.00. The van der Waals surface area contributed by atoms with Gasteiger partial charge in [-0.1, -0.05) is 11.6 Å². The summed E-state index contributed by atoms with van der Waals surface area (Å²) < 4.78 is 11.9. The Bertz CT molecular complexity index is 330. The van der Waals surface area contributed by atoms with Crippen LogP contribution < -0.4 is 0 Å². The van der Waals surface area contributed by atoms with Gasteiger partial charge in [-0.2, -0.15) is 0 Å². The van der Waals surface area contributed by atoms with Gasteiger partial charge in [-0.05, 0) is 38.5 Å². The van der Waals surface area contributed by atoms with Gasteiger partial charge >= 0.3 is 0 Å². The molecule has 1 aliphatic heterocycles. The van der Waals surface area contributed by atoms with Crippen molar-refractivity contribution < 1.29 is 14.6 Å². The van der Waals surface area contributed by atoms with Gasteiger partial charge in [-0.15, -0.1) is 0 Å². The zero-order valence-corrected chi connectivity index (χ0v) is 10.6. The van der Waals surface area contributed by atoms with Crippen molar-refractivity contribution in [3.63, 3.8) is 0 Å². The summed E-state index contributed by atoms with van der Waals surface area (Å²) in [4.78, 5) is 0. The van der Waals surface area contributed by atoms with E-state index < -0.39 is 5.79 Å². The summed E-state index contributed by atoms with van der Waals surface area (Å²) in [5.74, 6) is 0.0198. The van der Waals surface area contributed by atoms with E-state index in [1.807, 2.05) is 0 Å². The second-order valence-electron chi connectivity index (χ2n) is 5.81. The average molecular weight is 238 g/mol. The van der Waals surface area contributed by atoms with Crippen molar-refractivity contribution in [1.82, 2.24) is 0 Å². The minimum atomic E-state index is -0.498. The lowest BCUT2D eigenvalue weighted by molar-refractivity contribution is -0.284. The Morgan fingerprint density at radius 1 is 1.41 bits per heavy atom. The third-order valence-electron chi connectivity index (χ3n) is 5.02. The number of fused-ring (bicyclic) bond motifs is 2. The molecule has 1 heterocycles. The van der Waals surface area contributed by atoms with Crippen molar-refractivity contribution in [1.29, 1.82) is 0 Å². The van der Waals surface area contributed by atoms with Crippen LogP contribution in [0.4, 0.5) is 0 Å². The Hall–Kier alpha value is -0.380. The molecule has 17 heavy (non-hydrogen) atoms. The largest absolute Gasteiger partial charge is 0.396 e. The summed E-state index contributed by atoms with van der Waals surface area (Å²) in [7, 11) is 0. The van der Waals surface area contributed by atoms with Gasteiger partial charge in [0, 0.05) is 6.42 Å². The van der Waals surface area contributed by atoms with Crippen LogP contribution in [-0.4, -0.2) is 30.7 Å². The van der Waals surface area contributed by atoms with Crippen molar-refractivity contribution in [2.75, 3.05) is 19.8 Å². The van der Waals surface area contributed by atoms with Crippen LogP contribution in [0.15, 0.2) is 11.6 Å². The number of hydrogen-bond donors (Lipinski definition) is 1. The van der Waals surface area contributed by atoms with Gasteiger partial charge in [-0.25, -0.2) is 0 Å². The quantitative estimate of drug-likeness (QED) is 0.712. The third-order valence-corrected chi connectivity index (χ3v) is 5.02. The molecule has 2 atom stereocenters. The molecule has 3 heteroatoms. The normalized spacial score (nSPS) is 40.1. The topological polar surface area (TPSA) is 38.7 Å². The lowest BCUT2D eigenvalue weighted by Gasteiger charge is -2.55. The maximum Gasteiger partial charge on any atom is 0.176 e. The first kappa shape index (κ1) is 11.7. The Kier molecular flexibility index (Phi) is 2.80. The second-order valence-corrected chi connectivity index (χ2v) is 5.81. The maximum atomic E-state index is 10.00. The third kappa shape index (κ3) is 1.52. The van der Waals surface area contributed by atoms with E-state index in [4.69, 9.17) is 9.47 Å². The van der Waals surface area contributed by atoms with E-state index >= 15 is 0 Å². The van der Waals surface area contributed by atoms with Crippen molar-refractivity contribution >= 4 is 0 Å². The summed E-state index contributed by atoms with van der Waals surface area (Å²) in [6, 6.07) is 0. The lowest BCUT2D eigenvalue weighted by Crippen LogP contribution is -2.59. The van der Waals surface area contributed by atoms with E-state index in [0.29, 0.717) is 19.1 Å². The Balaban J connectivity index is 2.00. The summed E-state index contributed by atoms with van der Waals surface area (Å²) in [5.41, 5.74) is 1.26. The first-order valence-corrected chi connectivity index (χ1v) is 6.77. The highest BCUT2D eigenvalue weighted by Gasteiger charge is 2.61. The van der Waals surface area contributed by atoms with Crippen LogP contribution in [0.5, 0.6) is 0 Å². The lowest BCUT2D eigenvalue weighted by atomic mass is 9.57. The molecule has 0 unspecified atom stereocenters. The number of allylic oxidation sites excluding steroid dienone is 2. The molecule has 3 nitrogen and oxygen atoms in total. The molecule has 1 saturated carbocycles. The zero-order chi connectivity index (χ0) is 11.9. The fourth-order valence-electron chi connectivity index (χ4n) is 4.07. The minimum Gasteiger partial charge on any atom is -0.396 e. The van der Waals surface area contributed by atoms with E-state index in [1.165, 1.54) is 12.0 Å². The molecule has 0 bridgehead atoms. The van der Waals surface area contributed by atoms with Gasteiger partial charge in [0.2, 0.25) is 0 Å². The van der Waals surface area contributed by atoms with Crippen LogP contribution >= 0.6 is 0 Å². The molecule has 0 aromatic carbocycles. The minimum absolute atomic E-state index is 0.182. The molecule has 1 N–H and O–H groups in total. The van der Waals surface area contributed by atoms with Crippen LogP contribution in [0, 0.1) is 11.3 Å². The van der Waals surface area contributed by atoms with Crippen LogP contribution in [0.25, 0.3) is 0 Å². The van der Waals surface area contributed by atoms with Gasteiger partial charge in [0.1, 0.15) is 0 Å². The van der Waals surface area contributed by atoms with Crippen molar-refractivity contribution in [2.45, 2.75) is 44.8 Å². The van der Waals surface area contributed by atoms with E-state index in [0.717, 1.165) is 25.7 Å². The molecule has 3 rings (SSSR count). The predicted molar refractivity (Wildman–Crippen MR) is 64.5 cm³/mol. The standard InChI is InChI=1S/C14H22O3/c1-11-4-6-13(10-15)12(9-11)3-2-5-14(13)16-7-8-17-14/h4,12,15H,2-3,5-10H2,1H3/t12-,13-/m0/s1. The second kappa shape index (κ2) is 4.08. The highest BCUT2D eigenvalue weighted by molar-refractivity contribution is 5.16. The molecule has 0 aromatic heterocycles. The zero-order valence-electron chi connectivity index (χ0n) is 10.6. The Morgan fingerprint density at radius 2 is 2.18 bits per heavy atom. The molecular formula is C14H22O3. The Morgan fingerprint density at radius 3 is 2.88 bits per heavy atom. The fourth-order valence-corrected chi connectivity index (χ4v) is 4.07. The molecule has 2 aliphatic carbocycles. The molecule has 2 fully saturated rings. The fraction of sp³-hybridized carbons (Fsp3) is 0.857. The van der Waals surface area contributed by atoms with E-state index in [9.17, 15) is 5.11 Å². The van der Waals surface area contributed by atoms with Crippen molar-refractivity contribution in [2.24, 2.45) is 11.3 Å². The summed E-state index contributed by atoms with van der Waals surface area (Å²) >= 11 is 0. The van der Waals surface area contributed by atoms with E-state index in [-0.39, 0.29) is 12.0 Å². The first-order valence-electron chi connectivity index (χ1n) is 6.77. The number of rotatable bonds is 1. The van der Waals surface area contributed by atoms with Gasteiger partial charge < -0.3 is 14.6 Å². The SMILES string of the molecule is CC1=CC[C@]2(CO)[C@@H](CCCC23OCCO3)C1. The van der Waals surface area contributed by atoms with Crippen molar-refractivity contribution in [3.05, 3.63) is 11.6 Å². The molecular weight excluding hydrogens is 216 g/mol. The molecule has 96 valence electrons. The number of ether oxygens (including phenoxy) is 2. The van der Waals surface area contributed by atoms with Gasteiger partial charge in [0.05, 0.1) is 25.2 Å². The van der Waals surface area contributed by atoms with Gasteiger partial charge in [0.15, 0.2) is 5.79 Å². The highest BCUT2D eigenvalue weighted by atomic mass is 16.7. The maximum absolute atomic E-state index is 10.00. The molecule has 0 radical (unpaired) electrons. The monoisotopic (exact) mass is 238 g/mol. The van der Waals surface area contributed by atoms with Crippen LogP contribution in [-0.2, 0) is 9.47 Å². The van der Waals surface area contributed by atoms with Gasteiger partial charge in [0.25, 0.3) is 0 Å². The van der Waals surface area contributed by atoms with Crippen LogP contribution in [0.2, 0.25) is 0 Å². The Labute approximate surface area is 103 Å². The van der Waals surface area contributed by atoms with Gasteiger partial charge in [-0.3, -0.25) is 0 Å². The molecule has 1 spiro atoms. The molecule has 0 amide bonds. The number of aliphatic hydroxyl groups is 1. The summed E-state index contributed by atoms with van der Waals surface area (Å²) in [6.07, 6.45) is 7.55. The van der Waals surface area contributed by atoms with Crippen molar-refractivity contribution in [3.8, 4) is 0 Å². The number of aliphatic hydroxyl groups excluding tert-OH is 1. The first-order chi connectivity index (χ1) is 8.22. The smallest absolute Gasteiger partial charge is 0.176 e. The van der Waals surface area contributed by atoms with Crippen LogP contribution in [0.3, 0.4) is 0 Å². The molecule has 0 aromatic rings. The van der Waals surface area contributed by atoms with E-state index in [1.54, 1.807) is 0 Å².